The highest BCUT2D eigenvalue weighted by Gasteiger charge is 2.20. The van der Waals surface area contributed by atoms with E-state index in [4.69, 9.17) is 18.7 Å². The van der Waals surface area contributed by atoms with E-state index >= 15 is 0 Å². The highest BCUT2D eigenvalue weighted by atomic mass is 16.5. The average molecular weight is 377 g/mol. The second-order valence-electron chi connectivity index (χ2n) is 5.88. The molecular formula is C17H23N5O5. The number of carbonyl (C=O) groups excluding carboxylic acids is 1. The van der Waals surface area contributed by atoms with E-state index in [-0.39, 0.29) is 18.2 Å². The first kappa shape index (κ1) is 18.8. The molecule has 3 rings (SSSR count). The van der Waals surface area contributed by atoms with Gasteiger partial charge >= 0.3 is 0 Å². The molecule has 0 saturated carbocycles. The number of aromatic nitrogens is 2. The normalized spacial score (nSPS) is 14.0. The van der Waals surface area contributed by atoms with Crippen molar-refractivity contribution < 1.29 is 28.3 Å². The van der Waals surface area contributed by atoms with Crippen LogP contribution in [0.1, 0.15) is 5.56 Å². The van der Waals surface area contributed by atoms with Crippen molar-refractivity contribution in [2.24, 2.45) is 0 Å². The van der Waals surface area contributed by atoms with Crippen molar-refractivity contribution in [3.8, 4) is 17.2 Å². The van der Waals surface area contributed by atoms with E-state index in [0.29, 0.717) is 22.8 Å². The minimum Gasteiger partial charge on any atom is -0.588 e. The number of nitrogens with one attached hydrogen (secondary N) is 1. The first-order chi connectivity index (χ1) is 13.1. The number of piperazine rings is 1. The van der Waals surface area contributed by atoms with Gasteiger partial charge < -0.3 is 34.2 Å². The van der Waals surface area contributed by atoms with E-state index in [1.54, 1.807) is 23.1 Å². The second-order valence-corrected chi connectivity index (χ2v) is 5.88. The van der Waals surface area contributed by atoms with E-state index in [0.717, 1.165) is 26.2 Å². The number of hydrogen-bond acceptors (Lipinski definition) is 8. The summed E-state index contributed by atoms with van der Waals surface area (Å²) in [7, 11) is 4.57. The topological polar surface area (TPSA) is 104 Å². The van der Waals surface area contributed by atoms with E-state index in [2.05, 4.69) is 15.9 Å². The first-order valence-corrected chi connectivity index (χ1v) is 8.52. The molecule has 1 aromatic heterocycles. The van der Waals surface area contributed by atoms with Gasteiger partial charge in [-0.25, -0.2) is 0 Å². The fraction of sp³-hybridized carbons (Fsp3) is 0.471. The van der Waals surface area contributed by atoms with E-state index < -0.39 is 0 Å². The number of hydrogen-bond donors (Lipinski definition) is 1. The summed E-state index contributed by atoms with van der Waals surface area (Å²) in [5, 5.41) is 13.2. The number of ether oxygens (including phenoxy) is 3. The lowest BCUT2D eigenvalue weighted by molar-refractivity contribution is -0.758. The van der Waals surface area contributed by atoms with Crippen LogP contribution in [0.15, 0.2) is 22.9 Å². The largest absolute Gasteiger partial charge is 0.588 e. The number of nitrogens with zero attached hydrogens (tertiary/aromatic N) is 4. The molecule has 1 aromatic carbocycles. The van der Waals surface area contributed by atoms with Crippen LogP contribution in [-0.4, -0.2) is 58.7 Å². The van der Waals surface area contributed by atoms with Crippen LogP contribution < -0.4 is 29.3 Å². The molecule has 1 N–H and O–H groups in total. The van der Waals surface area contributed by atoms with E-state index in [9.17, 15) is 4.79 Å². The third kappa shape index (κ3) is 4.40. The third-order valence-electron chi connectivity index (χ3n) is 4.14. The molecule has 146 valence electrons. The predicted molar refractivity (Wildman–Crippen MR) is 95.3 cm³/mol. The maximum Gasteiger partial charge on any atom is 0.257 e. The third-order valence-corrected chi connectivity index (χ3v) is 4.14. The Bertz CT molecular complexity index is 763. The number of benzene rings is 1. The predicted octanol–water partition coefficient (Wildman–Crippen LogP) is 0.304. The SMILES string of the molecule is COc1cc(CC(=O)[N-]c2c[n+](N3CCNCC3)no2)cc(OC)c1OC. The van der Waals surface area contributed by atoms with Gasteiger partial charge in [-0.1, -0.05) is 0 Å². The maximum atomic E-state index is 12.3. The van der Waals surface area contributed by atoms with Crippen LogP contribution in [0.2, 0.25) is 0 Å². The van der Waals surface area contributed by atoms with Crippen molar-refractivity contribution in [1.82, 2.24) is 10.6 Å². The Labute approximate surface area is 156 Å². The van der Waals surface area contributed by atoms with E-state index in [1.165, 1.54) is 21.3 Å². The molecule has 0 unspecified atom stereocenters. The fourth-order valence-corrected chi connectivity index (χ4v) is 2.84. The molecule has 10 nitrogen and oxygen atoms in total. The molecule has 0 bridgehead atoms. The second kappa shape index (κ2) is 8.58. The molecule has 1 saturated heterocycles. The average Bonchev–Trinajstić information content (AvgIpc) is 3.16. The van der Waals surface area contributed by atoms with Crippen LogP contribution in [0.25, 0.3) is 5.32 Å². The molecule has 0 radical (unpaired) electrons. The van der Waals surface area contributed by atoms with Gasteiger partial charge in [0.05, 0.1) is 45.1 Å². The van der Waals surface area contributed by atoms with Gasteiger partial charge in [-0.3, -0.25) is 0 Å². The van der Waals surface area contributed by atoms with Crippen LogP contribution in [0.3, 0.4) is 0 Å². The lowest BCUT2D eigenvalue weighted by atomic mass is 10.1. The van der Waals surface area contributed by atoms with Gasteiger partial charge in [-0.2, -0.15) is 5.01 Å². The summed E-state index contributed by atoms with van der Waals surface area (Å²) in [6.07, 6.45) is 1.66. The van der Waals surface area contributed by atoms with Crippen molar-refractivity contribution in [1.29, 1.82) is 0 Å². The fourth-order valence-electron chi connectivity index (χ4n) is 2.84. The van der Waals surface area contributed by atoms with Crippen LogP contribution in [0.5, 0.6) is 17.2 Å². The van der Waals surface area contributed by atoms with Crippen molar-refractivity contribution in [2.75, 3.05) is 52.5 Å². The molecule has 10 heteroatoms. The molecule has 2 heterocycles. The number of methoxy groups -OCH3 is 3. The van der Waals surface area contributed by atoms with Crippen LogP contribution in [0.4, 0.5) is 5.88 Å². The van der Waals surface area contributed by atoms with Gasteiger partial charge in [0.25, 0.3) is 6.20 Å². The summed E-state index contributed by atoms with van der Waals surface area (Å²) in [4.78, 5) is 13.9. The first-order valence-electron chi connectivity index (χ1n) is 8.52. The van der Waals surface area contributed by atoms with Crippen LogP contribution in [0, 0.1) is 0 Å². The highest BCUT2D eigenvalue weighted by molar-refractivity contribution is 5.96. The minimum atomic E-state index is -0.368. The Morgan fingerprint density at radius 1 is 1.22 bits per heavy atom. The Morgan fingerprint density at radius 2 is 1.89 bits per heavy atom. The van der Waals surface area contributed by atoms with Crippen molar-refractivity contribution in [2.45, 2.75) is 6.42 Å². The molecule has 1 aliphatic rings. The van der Waals surface area contributed by atoms with Crippen LogP contribution >= 0.6 is 0 Å². The van der Waals surface area contributed by atoms with Gasteiger partial charge in [0.15, 0.2) is 11.5 Å². The zero-order valence-electron chi connectivity index (χ0n) is 15.6. The monoisotopic (exact) mass is 377 g/mol. The number of rotatable bonds is 7. The minimum absolute atomic E-state index is 0.0606. The van der Waals surface area contributed by atoms with Gasteiger partial charge in [-0.15, -0.1) is 0 Å². The zero-order chi connectivity index (χ0) is 19.2. The van der Waals surface area contributed by atoms with Crippen molar-refractivity contribution in [3.05, 3.63) is 29.2 Å². The Balaban J connectivity index is 1.66. The highest BCUT2D eigenvalue weighted by Crippen LogP contribution is 2.38. The molecule has 27 heavy (non-hydrogen) atoms. The van der Waals surface area contributed by atoms with Gasteiger partial charge in [0.1, 0.15) is 5.88 Å². The summed E-state index contributed by atoms with van der Waals surface area (Å²) in [5.74, 6) is 1.23. The number of carbonyl (C=O) groups is 1. The summed E-state index contributed by atoms with van der Waals surface area (Å²) in [6, 6.07) is 3.44. The van der Waals surface area contributed by atoms with Crippen molar-refractivity contribution in [3.63, 3.8) is 0 Å². The summed E-state index contributed by atoms with van der Waals surface area (Å²) < 4.78 is 21.0. The van der Waals surface area contributed by atoms with Gasteiger partial charge in [-0.05, 0) is 17.7 Å². The Kier molecular flexibility index (Phi) is 5.97. The molecule has 1 aliphatic heterocycles. The summed E-state index contributed by atoms with van der Waals surface area (Å²) in [6.45, 7) is 3.34. The zero-order valence-corrected chi connectivity index (χ0v) is 15.6. The molecule has 2 aromatic rings. The van der Waals surface area contributed by atoms with Crippen molar-refractivity contribution >= 4 is 11.8 Å². The standard InChI is InChI=1S/C17H23N5O5/c1-24-13-8-12(9-14(25-2)17(13)26-3)10-15(23)19-16-11-22(20-27-16)21-6-4-18-5-7-21/h8-9,11,18H,4-7,10H2,1-3H3. The molecule has 1 amide bonds. The Hall–Kier alpha value is -3.01. The smallest absolute Gasteiger partial charge is 0.257 e. The van der Waals surface area contributed by atoms with Gasteiger partial charge in [0.2, 0.25) is 11.0 Å². The lowest BCUT2D eigenvalue weighted by Gasteiger charge is -2.19. The Morgan fingerprint density at radius 3 is 2.48 bits per heavy atom. The molecular weight excluding hydrogens is 354 g/mol. The quantitative estimate of drug-likeness (QED) is 0.688. The summed E-state index contributed by atoms with van der Waals surface area (Å²) >= 11 is 0. The number of amides is 1. The van der Waals surface area contributed by atoms with Crippen LogP contribution in [-0.2, 0) is 11.2 Å². The van der Waals surface area contributed by atoms with E-state index in [1.807, 2.05) is 5.01 Å². The maximum absolute atomic E-state index is 12.3. The molecule has 0 spiro atoms. The summed E-state index contributed by atoms with van der Waals surface area (Å²) in [5.41, 5.74) is 0.688. The van der Waals surface area contributed by atoms with Gasteiger partial charge in [0, 0.05) is 19.5 Å². The molecule has 1 fully saturated rings. The lowest BCUT2D eigenvalue weighted by Crippen LogP contribution is -2.64. The molecule has 0 atom stereocenters. The molecule has 0 aliphatic carbocycles.